The van der Waals surface area contributed by atoms with Crippen LogP contribution in [-0.4, -0.2) is 24.2 Å². The average Bonchev–Trinajstić information content (AvgIpc) is 2.35. The minimum absolute atomic E-state index is 0.132. The maximum atomic E-state index is 12.2. The normalized spacial score (nSPS) is 11.7. The Kier molecular flexibility index (Phi) is 5.88. The summed E-state index contributed by atoms with van der Waals surface area (Å²) in [5.41, 5.74) is -0.202. The molecule has 1 rings (SSSR count). The summed E-state index contributed by atoms with van der Waals surface area (Å²) in [4.78, 5) is 10.9. The number of hydrogen-bond donors (Lipinski definition) is 2. The minimum Gasteiger partial charge on any atom is -0.481 e. The highest BCUT2D eigenvalue weighted by Gasteiger charge is 2.26. The van der Waals surface area contributed by atoms with Gasteiger partial charge in [0.15, 0.2) is 0 Å². The molecule has 112 valence electrons. The van der Waals surface area contributed by atoms with Gasteiger partial charge in [0.2, 0.25) is 0 Å². The van der Waals surface area contributed by atoms with Crippen molar-refractivity contribution >= 4 is 5.97 Å². The molecular formula is C14H19F2NO3. The zero-order valence-electron chi connectivity index (χ0n) is 11.5. The van der Waals surface area contributed by atoms with E-state index in [1.165, 1.54) is 6.07 Å². The number of ether oxygens (including phenoxy) is 1. The third-order valence-corrected chi connectivity index (χ3v) is 3.01. The zero-order valence-corrected chi connectivity index (χ0v) is 11.5. The summed E-state index contributed by atoms with van der Waals surface area (Å²) in [5, 5.41) is 12.0. The highest BCUT2D eigenvalue weighted by molar-refractivity contribution is 5.73. The summed E-state index contributed by atoms with van der Waals surface area (Å²) in [6.45, 7) is 1.25. The van der Waals surface area contributed by atoms with Crippen LogP contribution in [0.3, 0.4) is 0 Å². The van der Waals surface area contributed by atoms with E-state index in [0.717, 1.165) is 0 Å². The summed E-state index contributed by atoms with van der Waals surface area (Å²) in [6, 6.07) is 6.52. The van der Waals surface area contributed by atoms with Crippen LogP contribution in [0.4, 0.5) is 8.78 Å². The van der Waals surface area contributed by atoms with Crippen molar-refractivity contribution in [3.05, 3.63) is 29.8 Å². The smallest absolute Gasteiger partial charge is 0.387 e. The van der Waals surface area contributed by atoms with Crippen molar-refractivity contribution in [2.24, 2.45) is 5.41 Å². The molecule has 4 nitrogen and oxygen atoms in total. The van der Waals surface area contributed by atoms with Gasteiger partial charge < -0.3 is 15.2 Å². The number of para-hydroxylation sites is 1. The van der Waals surface area contributed by atoms with E-state index in [1.54, 1.807) is 32.0 Å². The number of hydrogen-bond acceptors (Lipinski definition) is 3. The number of aliphatic carboxylic acids is 1. The van der Waals surface area contributed by atoms with Crippen molar-refractivity contribution < 1.29 is 23.4 Å². The third-order valence-electron chi connectivity index (χ3n) is 3.01. The molecule has 0 radical (unpaired) electrons. The molecule has 1 aromatic rings. The predicted octanol–water partition coefficient (Wildman–Crippen LogP) is 2.88. The molecule has 0 atom stereocenters. The van der Waals surface area contributed by atoms with E-state index in [2.05, 4.69) is 10.1 Å². The van der Waals surface area contributed by atoms with Crippen LogP contribution in [-0.2, 0) is 11.3 Å². The van der Waals surface area contributed by atoms with E-state index in [4.69, 9.17) is 5.11 Å². The second kappa shape index (κ2) is 7.19. The van der Waals surface area contributed by atoms with Gasteiger partial charge in [0.1, 0.15) is 5.75 Å². The molecule has 0 saturated carbocycles. The molecule has 0 aliphatic rings. The van der Waals surface area contributed by atoms with Crippen molar-refractivity contribution in [1.29, 1.82) is 0 Å². The quantitative estimate of drug-likeness (QED) is 0.722. The molecule has 0 aliphatic carbocycles. The first-order valence-electron chi connectivity index (χ1n) is 6.30. The van der Waals surface area contributed by atoms with Gasteiger partial charge in [0.25, 0.3) is 0 Å². The van der Waals surface area contributed by atoms with Gasteiger partial charge in [-0.15, -0.1) is 0 Å². The lowest BCUT2D eigenvalue weighted by Gasteiger charge is -2.19. The topological polar surface area (TPSA) is 58.6 Å². The van der Waals surface area contributed by atoms with Crippen LogP contribution in [0.5, 0.6) is 5.75 Å². The van der Waals surface area contributed by atoms with Gasteiger partial charge in [-0.3, -0.25) is 4.79 Å². The Morgan fingerprint density at radius 1 is 1.40 bits per heavy atom. The van der Waals surface area contributed by atoms with Crippen LogP contribution in [0.2, 0.25) is 0 Å². The fourth-order valence-electron chi connectivity index (χ4n) is 1.59. The van der Waals surface area contributed by atoms with Crippen LogP contribution in [0, 0.1) is 5.41 Å². The Hall–Kier alpha value is -1.69. The molecule has 0 aliphatic heterocycles. The summed E-state index contributed by atoms with van der Waals surface area (Å²) in [6.07, 6.45) is 0.445. The fraction of sp³-hybridized carbons (Fsp3) is 0.500. The van der Waals surface area contributed by atoms with Gasteiger partial charge >= 0.3 is 12.6 Å². The van der Waals surface area contributed by atoms with E-state index in [0.29, 0.717) is 25.1 Å². The van der Waals surface area contributed by atoms with Crippen LogP contribution in [0.15, 0.2) is 24.3 Å². The lowest BCUT2D eigenvalue weighted by atomic mass is 9.90. The lowest BCUT2D eigenvalue weighted by molar-refractivity contribution is -0.147. The third kappa shape index (κ3) is 5.13. The molecule has 6 heteroatoms. The molecule has 0 saturated heterocycles. The minimum atomic E-state index is -2.86. The first-order valence-corrected chi connectivity index (χ1v) is 6.30. The Morgan fingerprint density at radius 3 is 2.65 bits per heavy atom. The monoisotopic (exact) mass is 287 g/mol. The number of halogens is 2. The Bertz CT molecular complexity index is 450. The van der Waals surface area contributed by atoms with Gasteiger partial charge in [-0.2, -0.15) is 8.78 Å². The number of alkyl halides is 2. The largest absolute Gasteiger partial charge is 0.481 e. The number of carbonyl (C=O) groups is 1. The number of rotatable bonds is 8. The Morgan fingerprint density at radius 2 is 2.05 bits per heavy atom. The van der Waals surface area contributed by atoms with Crippen molar-refractivity contribution in [3.63, 3.8) is 0 Å². The van der Waals surface area contributed by atoms with E-state index in [9.17, 15) is 13.6 Å². The van der Waals surface area contributed by atoms with Crippen molar-refractivity contribution in [2.75, 3.05) is 6.54 Å². The molecule has 0 amide bonds. The standard InChI is InChI=1S/C14H19F2NO3/c1-14(2,12(18)19)7-8-17-9-10-5-3-4-6-11(10)20-13(15)16/h3-6,13,17H,7-9H2,1-2H3,(H,18,19). The molecule has 1 aromatic carbocycles. The van der Waals surface area contributed by atoms with Gasteiger partial charge in [0, 0.05) is 12.1 Å². The summed E-state index contributed by atoms with van der Waals surface area (Å²) >= 11 is 0. The Labute approximate surface area is 116 Å². The van der Waals surface area contributed by atoms with Crippen LogP contribution in [0.1, 0.15) is 25.8 Å². The fourth-order valence-corrected chi connectivity index (χ4v) is 1.59. The maximum Gasteiger partial charge on any atom is 0.387 e. The van der Waals surface area contributed by atoms with Crippen molar-refractivity contribution in [3.8, 4) is 5.75 Å². The number of nitrogens with one attached hydrogen (secondary N) is 1. The second-order valence-electron chi connectivity index (χ2n) is 5.10. The lowest BCUT2D eigenvalue weighted by Crippen LogP contribution is -2.28. The molecule has 0 unspecified atom stereocenters. The van der Waals surface area contributed by atoms with Gasteiger partial charge in [-0.1, -0.05) is 18.2 Å². The second-order valence-corrected chi connectivity index (χ2v) is 5.10. The molecule has 2 N–H and O–H groups in total. The highest BCUT2D eigenvalue weighted by atomic mass is 19.3. The summed E-state index contributed by atoms with van der Waals surface area (Å²) in [5.74, 6) is -0.728. The molecule has 0 fully saturated rings. The predicted molar refractivity (Wildman–Crippen MR) is 70.8 cm³/mol. The number of carboxylic acid groups (broad SMARTS) is 1. The van der Waals surface area contributed by atoms with Gasteiger partial charge in [0.05, 0.1) is 5.41 Å². The van der Waals surface area contributed by atoms with Gasteiger partial charge in [-0.25, -0.2) is 0 Å². The SMILES string of the molecule is CC(C)(CCNCc1ccccc1OC(F)F)C(=O)O. The molecule has 0 spiro atoms. The van der Waals surface area contributed by atoms with Gasteiger partial charge in [-0.05, 0) is 32.9 Å². The molecule has 0 heterocycles. The molecule has 0 aromatic heterocycles. The number of benzene rings is 1. The van der Waals surface area contributed by atoms with Crippen molar-refractivity contribution in [2.45, 2.75) is 33.4 Å². The maximum absolute atomic E-state index is 12.2. The molecular weight excluding hydrogens is 268 g/mol. The molecule has 0 bridgehead atoms. The van der Waals surface area contributed by atoms with Crippen LogP contribution < -0.4 is 10.1 Å². The van der Waals surface area contributed by atoms with E-state index in [-0.39, 0.29) is 5.75 Å². The van der Waals surface area contributed by atoms with Crippen LogP contribution >= 0.6 is 0 Å². The van der Waals surface area contributed by atoms with Crippen molar-refractivity contribution in [1.82, 2.24) is 5.32 Å². The van der Waals surface area contributed by atoms with E-state index >= 15 is 0 Å². The van der Waals surface area contributed by atoms with E-state index in [1.807, 2.05) is 0 Å². The first kappa shape index (κ1) is 16.4. The Balaban J connectivity index is 2.48. The highest BCUT2D eigenvalue weighted by Crippen LogP contribution is 2.21. The molecule has 20 heavy (non-hydrogen) atoms. The summed E-state index contributed by atoms with van der Waals surface area (Å²) < 4.78 is 28.9. The number of carboxylic acids is 1. The van der Waals surface area contributed by atoms with Crippen LogP contribution in [0.25, 0.3) is 0 Å². The average molecular weight is 287 g/mol. The van der Waals surface area contributed by atoms with E-state index < -0.39 is 18.0 Å². The first-order chi connectivity index (χ1) is 9.33. The zero-order chi connectivity index (χ0) is 15.2. The summed E-state index contributed by atoms with van der Waals surface area (Å²) in [7, 11) is 0.